The molecule has 0 aliphatic rings. The number of aromatic nitrogens is 2. The molecule has 2 aromatic rings. The number of nitrogens with zero attached hydrogens (tertiary/aromatic N) is 2. The molecule has 1 aromatic carbocycles. The Bertz CT molecular complexity index is 471. The lowest BCUT2D eigenvalue weighted by Gasteiger charge is -2.04. The van der Waals surface area contributed by atoms with E-state index < -0.39 is 0 Å². The van der Waals surface area contributed by atoms with Gasteiger partial charge in [-0.1, -0.05) is 31.5 Å². The van der Waals surface area contributed by atoms with Crippen molar-refractivity contribution in [3.8, 4) is 0 Å². The third-order valence-electron chi connectivity index (χ3n) is 2.50. The first-order valence-corrected chi connectivity index (χ1v) is 5.09. The molecular formula is C11H13ClN2. The Balaban J connectivity index is 2.71. The summed E-state index contributed by atoms with van der Waals surface area (Å²) in [5.74, 6) is 0.535. The highest BCUT2D eigenvalue weighted by atomic mass is 35.5. The van der Waals surface area contributed by atoms with Crippen LogP contribution in [0.25, 0.3) is 10.9 Å². The van der Waals surface area contributed by atoms with Crippen molar-refractivity contribution in [2.24, 2.45) is 7.05 Å². The molecule has 0 aliphatic carbocycles. The van der Waals surface area contributed by atoms with E-state index in [1.54, 1.807) is 0 Å². The summed E-state index contributed by atoms with van der Waals surface area (Å²) in [6.07, 6.45) is 0. The molecule has 0 bridgehead atoms. The summed E-state index contributed by atoms with van der Waals surface area (Å²) in [5, 5.41) is 5.78. The Morgan fingerprint density at radius 2 is 2.07 bits per heavy atom. The minimum absolute atomic E-state index is 0.535. The molecule has 1 aromatic heterocycles. The zero-order chi connectivity index (χ0) is 10.3. The van der Waals surface area contributed by atoms with Gasteiger partial charge in [0.2, 0.25) is 0 Å². The lowest BCUT2D eigenvalue weighted by Crippen LogP contribution is -1.91. The van der Waals surface area contributed by atoms with Crippen molar-refractivity contribution in [2.45, 2.75) is 19.8 Å². The Morgan fingerprint density at radius 3 is 2.71 bits per heavy atom. The molecule has 0 saturated heterocycles. The molecule has 0 atom stereocenters. The largest absolute Gasteiger partial charge is 0.266 e. The second kappa shape index (κ2) is 3.28. The van der Waals surface area contributed by atoms with Gasteiger partial charge in [-0.3, -0.25) is 4.68 Å². The Labute approximate surface area is 88.5 Å². The normalized spacial score (nSPS) is 11.5. The van der Waals surface area contributed by atoms with Crippen LogP contribution in [-0.2, 0) is 7.05 Å². The number of hydrogen-bond donors (Lipinski definition) is 0. The van der Waals surface area contributed by atoms with E-state index in [4.69, 9.17) is 11.6 Å². The molecule has 0 saturated carbocycles. The maximum atomic E-state index is 5.98. The second-order valence-corrected chi connectivity index (χ2v) is 4.20. The number of hydrogen-bond acceptors (Lipinski definition) is 1. The first-order valence-electron chi connectivity index (χ1n) is 4.71. The maximum absolute atomic E-state index is 5.98. The van der Waals surface area contributed by atoms with Gasteiger partial charge in [0, 0.05) is 12.4 Å². The zero-order valence-corrected chi connectivity index (χ0v) is 9.34. The van der Waals surface area contributed by atoms with Gasteiger partial charge < -0.3 is 0 Å². The monoisotopic (exact) mass is 208 g/mol. The third-order valence-corrected chi connectivity index (χ3v) is 2.78. The Kier molecular flexibility index (Phi) is 2.23. The van der Waals surface area contributed by atoms with Crippen molar-refractivity contribution in [1.82, 2.24) is 9.78 Å². The van der Waals surface area contributed by atoms with Crippen LogP contribution >= 0.6 is 11.6 Å². The van der Waals surface area contributed by atoms with Crippen molar-refractivity contribution in [3.05, 3.63) is 28.9 Å². The van der Waals surface area contributed by atoms with Crippen molar-refractivity contribution in [2.75, 3.05) is 0 Å². The van der Waals surface area contributed by atoms with Gasteiger partial charge in [0.05, 0.1) is 5.52 Å². The first-order chi connectivity index (χ1) is 6.59. The van der Waals surface area contributed by atoms with E-state index in [-0.39, 0.29) is 0 Å². The number of rotatable bonds is 1. The zero-order valence-electron chi connectivity index (χ0n) is 8.58. The maximum Gasteiger partial charge on any atom is 0.158 e. The number of fused-ring (bicyclic) bond motifs is 1. The van der Waals surface area contributed by atoms with E-state index in [2.05, 4.69) is 31.1 Å². The molecule has 0 N–H and O–H groups in total. The minimum Gasteiger partial charge on any atom is -0.266 e. The fourth-order valence-corrected chi connectivity index (χ4v) is 1.86. The topological polar surface area (TPSA) is 17.8 Å². The predicted octanol–water partition coefficient (Wildman–Crippen LogP) is 3.35. The molecule has 0 unspecified atom stereocenters. The molecule has 74 valence electrons. The van der Waals surface area contributed by atoms with Gasteiger partial charge in [-0.15, -0.1) is 0 Å². The quantitative estimate of drug-likeness (QED) is 0.703. The number of benzene rings is 1. The van der Waals surface area contributed by atoms with Crippen molar-refractivity contribution >= 4 is 22.5 Å². The fraction of sp³-hybridized carbons (Fsp3) is 0.364. The van der Waals surface area contributed by atoms with Gasteiger partial charge in [-0.25, -0.2) is 0 Å². The van der Waals surface area contributed by atoms with Crippen LogP contribution in [-0.4, -0.2) is 9.78 Å². The summed E-state index contributed by atoms with van der Waals surface area (Å²) in [6.45, 7) is 4.36. The smallest absolute Gasteiger partial charge is 0.158 e. The molecular weight excluding hydrogens is 196 g/mol. The summed E-state index contributed by atoms with van der Waals surface area (Å²) in [6, 6.07) is 6.30. The molecule has 0 radical (unpaired) electrons. The van der Waals surface area contributed by atoms with Gasteiger partial charge in [0.1, 0.15) is 0 Å². The van der Waals surface area contributed by atoms with E-state index in [0.717, 1.165) is 10.9 Å². The lowest BCUT2D eigenvalue weighted by molar-refractivity contribution is 0.794. The predicted molar refractivity (Wildman–Crippen MR) is 59.8 cm³/mol. The standard InChI is InChI=1S/C11H13ClN2/c1-7(2)8-4-5-9-10(6-8)14(3)13-11(9)12/h4-7H,1-3H3. The Hall–Kier alpha value is -1.02. The van der Waals surface area contributed by atoms with E-state index in [1.165, 1.54) is 5.56 Å². The van der Waals surface area contributed by atoms with Crippen molar-refractivity contribution < 1.29 is 0 Å². The third kappa shape index (κ3) is 1.40. The minimum atomic E-state index is 0.535. The highest BCUT2D eigenvalue weighted by molar-refractivity contribution is 6.34. The summed E-state index contributed by atoms with van der Waals surface area (Å²) in [4.78, 5) is 0. The fourth-order valence-electron chi connectivity index (χ4n) is 1.59. The van der Waals surface area contributed by atoms with Crippen molar-refractivity contribution in [1.29, 1.82) is 0 Å². The molecule has 0 amide bonds. The van der Waals surface area contributed by atoms with Crippen LogP contribution in [0.2, 0.25) is 5.15 Å². The second-order valence-electron chi connectivity index (χ2n) is 3.85. The highest BCUT2D eigenvalue weighted by Crippen LogP contribution is 2.25. The van der Waals surface area contributed by atoms with Crippen LogP contribution in [0.4, 0.5) is 0 Å². The molecule has 2 rings (SSSR count). The van der Waals surface area contributed by atoms with Gasteiger partial charge in [0.15, 0.2) is 5.15 Å². The summed E-state index contributed by atoms with van der Waals surface area (Å²) in [5.41, 5.74) is 2.42. The number of halogens is 1. The van der Waals surface area contributed by atoms with E-state index in [9.17, 15) is 0 Å². The molecule has 0 spiro atoms. The SMILES string of the molecule is CC(C)c1ccc2c(Cl)nn(C)c2c1. The van der Waals surface area contributed by atoms with Crippen molar-refractivity contribution in [3.63, 3.8) is 0 Å². The summed E-state index contributed by atoms with van der Waals surface area (Å²) >= 11 is 5.98. The van der Waals surface area contributed by atoms with Crippen LogP contribution in [0.5, 0.6) is 0 Å². The molecule has 3 heteroatoms. The van der Waals surface area contributed by atoms with Crippen LogP contribution in [0.1, 0.15) is 25.3 Å². The lowest BCUT2D eigenvalue weighted by atomic mass is 10.0. The van der Waals surface area contributed by atoms with E-state index >= 15 is 0 Å². The molecule has 14 heavy (non-hydrogen) atoms. The highest BCUT2D eigenvalue weighted by Gasteiger charge is 2.07. The van der Waals surface area contributed by atoms with Crippen LogP contribution in [0, 0.1) is 0 Å². The van der Waals surface area contributed by atoms with Crippen LogP contribution in [0.3, 0.4) is 0 Å². The number of aryl methyl sites for hydroxylation is 1. The van der Waals surface area contributed by atoms with Gasteiger partial charge >= 0.3 is 0 Å². The van der Waals surface area contributed by atoms with Gasteiger partial charge in [-0.05, 0) is 23.6 Å². The average Bonchev–Trinajstić information content (AvgIpc) is 2.42. The molecule has 0 fully saturated rings. The van der Waals surface area contributed by atoms with E-state index in [0.29, 0.717) is 11.1 Å². The summed E-state index contributed by atoms with van der Waals surface area (Å²) < 4.78 is 1.82. The average molecular weight is 209 g/mol. The first kappa shape index (κ1) is 9.53. The Morgan fingerprint density at radius 1 is 1.36 bits per heavy atom. The molecule has 0 aliphatic heterocycles. The summed E-state index contributed by atoms with van der Waals surface area (Å²) in [7, 11) is 1.92. The molecule has 2 nitrogen and oxygen atoms in total. The van der Waals surface area contributed by atoms with Crippen LogP contribution < -0.4 is 0 Å². The van der Waals surface area contributed by atoms with Gasteiger partial charge in [-0.2, -0.15) is 5.10 Å². The molecule has 1 heterocycles. The van der Waals surface area contributed by atoms with E-state index in [1.807, 2.05) is 17.8 Å². The van der Waals surface area contributed by atoms with Crippen LogP contribution in [0.15, 0.2) is 18.2 Å². The van der Waals surface area contributed by atoms with Gasteiger partial charge in [0.25, 0.3) is 0 Å².